The number of carbonyl (C=O) groups excluding carboxylic acids is 1. The number of nitrogens with one attached hydrogen (secondary N) is 1. The monoisotopic (exact) mass is 377 g/mol. The predicted octanol–water partition coefficient (Wildman–Crippen LogP) is 3.97. The minimum atomic E-state index is -0.180. The second-order valence-corrected chi connectivity index (χ2v) is 6.16. The van der Waals surface area contributed by atoms with Gasteiger partial charge in [0.2, 0.25) is 0 Å². The SMILES string of the molecule is COc1ccc(CNC(=O)COc2ccc(OCc3ccccc3)cc2)cc1. The van der Waals surface area contributed by atoms with Gasteiger partial charge >= 0.3 is 0 Å². The number of ether oxygens (including phenoxy) is 3. The number of hydrogen-bond acceptors (Lipinski definition) is 4. The quantitative estimate of drug-likeness (QED) is 0.613. The lowest BCUT2D eigenvalue weighted by atomic mass is 10.2. The Balaban J connectivity index is 1.39. The van der Waals surface area contributed by atoms with Crippen molar-refractivity contribution in [3.8, 4) is 17.2 Å². The van der Waals surface area contributed by atoms with E-state index in [1.54, 1.807) is 19.2 Å². The summed E-state index contributed by atoms with van der Waals surface area (Å²) in [7, 11) is 1.62. The van der Waals surface area contributed by atoms with Crippen molar-refractivity contribution in [3.63, 3.8) is 0 Å². The summed E-state index contributed by atoms with van der Waals surface area (Å²) in [6.45, 7) is 0.910. The van der Waals surface area contributed by atoms with Crippen molar-refractivity contribution in [1.82, 2.24) is 5.32 Å². The molecule has 3 rings (SSSR count). The van der Waals surface area contributed by atoms with E-state index in [0.717, 1.165) is 22.6 Å². The lowest BCUT2D eigenvalue weighted by molar-refractivity contribution is -0.123. The average molecular weight is 377 g/mol. The Morgan fingerprint density at radius 2 is 1.36 bits per heavy atom. The Hall–Kier alpha value is -3.47. The van der Waals surface area contributed by atoms with Gasteiger partial charge < -0.3 is 19.5 Å². The van der Waals surface area contributed by atoms with Gasteiger partial charge in [0.15, 0.2) is 6.61 Å². The van der Waals surface area contributed by atoms with Crippen molar-refractivity contribution in [2.75, 3.05) is 13.7 Å². The van der Waals surface area contributed by atoms with Crippen LogP contribution in [-0.2, 0) is 17.9 Å². The molecule has 0 atom stereocenters. The zero-order valence-electron chi connectivity index (χ0n) is 15.8. The van der Waals surface area contributed by atoms with Crippen LogP contribution in [0, 0.1) is 0 Å². The summed E-state index contributed by atoms with van der Waals surface area (Å²) in [6.07, 6.45) is 0. The summed E-state index contributed by atoms with van der Waals surface area (Å²) in [4.78, 5) is 12.0. The highest BCUT2D eigenvalue weighted by atomic mass is 16.5. The highest BCUT2D eigenvalue weighted by Gasteiger charge is 2.04. The van der Waals surface area contributed by atoms with E-state index in [1.165, 1.54) is 0 Å². The number of hydrogen-bond donors (Lipinski definition) is 1. The highest BCUT2D eigenvalue weighted by Crippen LogP contribution is 2.18. The molecule has 1 N–H and O–H groups in total. The Kier molecular flexibility index (Phi) is 6.90. The van der Waals surface area contributed by atoms with Gasteiger partial charge in [-0.25, -0.2) is 0 Å². The van der Waals surface area contributed by atoms with Gasteiger partial charge in [0, 0.05) is 6.54 Å². The molecule has 144 valence electrons. The zero-order chi connectivity index (χ0) is 19.6. The van der Waals surface area contributed by atoms with Crippen molar-refractivity contribution in [1.29, 1.82) is 0 Å². The molecule has 1 amide bonds. The van der Waals surface area contributed by atoms with Crippen LogP contribution in [0.25, 0.3) is 0 Å². The minimum Gasteiger partial charge on any atom is -0.497 e. The second-order valence-electron chi connectivity index (χ2n) is 6.16. The van der Waals surface area contributed by atoms with Crippen molar-refractivity contribution < 1.29 is 19.0 Å². The zero-order valence-corrected chi connectivity index (χ0v) is 15.8. The van der Waals surface area contributed by atoms with Crippen LogP contribution in [-0.4, -0.2) is 19.6 Å². The Labute approximate surface area is 164 Å². The summed E-state index contributed by atoms with van der Waals surface area (Å²) in [5, 5.41) is 2.83. The summed E-state index contributed by atoms with van der Waals surface area (Å²) < 4.78 is 16.4. The normalized spacial score (nSPS) is 10.2. The maximum Gasteiger partial charge on any atom is 0.258 e. The molecule has 5 heteroatoms. The first-order valence-electron chi connectivity index (χ1n) is 9.02. The van der Waals surface area contributed by atoms with E-state index in [1.807, 2.05) is 66.7 Å². The first-order valence-corrected chi connectivity index (χ1v) is 9.02. The minimum absolute atomic E-state index is 0.0413. The van der Waals surface area contributed by atoms with Crippen LogP contribution in [0.5, 0.6) is 17.2 Å². The molecule has 0 heterocycles. The molecule has 0 aliphatic rings. The lowest BCUT2D eigenvalue weighted by Gasteiger charge is -2.10. The van der Waals surface area contributed by atoms with Crippen LogP contribution in [0.15, 0.2) is 78.9 Å². The van der Waals surface area contributed by atoms with E-state index in [2.05, 4.69) is 5.32 Å². The maximum atomic E-state index is 12.0. The molecule has 28 heavy (non-hydrogen) atoms. The van der Waals surface area contributed by atoms with Crippen molar-refractivity contribution in [2.45, 2.75) is 13.2 Å². The van der Waals surface area contributed by atoms with Crippen LogP contribution >= 0.6 is 0 Å². The maximum absolute atomic E-state index is 12.0. The summed E-state index contributed by atoms with van der Waals surface area (Å²) in [5.41, 5.74) is 2.10. The van der Waals surface area contributed by atoms with E-state index in [4.69, 9.17) is 14.2 Å². The smallest absolute Gasteiger partial charge is 0.258 e. The van der Waals surface area contributed by atoms with Gasteiger partial charge in [0.1, 0.15) is 23.9 Å². The Morgan fingerprint density at radius 1 is 0.750 bits per heavy atom. The van der Waals surface area contributed by atoms with Gasteiger partial charge in [-0.05, 0) is 47.5 Å². The molecule has 0 aromatic heterocycles. The molecule has 3 aromatic carbocycles. The fourth-order valence-electron chi connectivity index (χ4n) is 2.52. The van der Waals surface area contributed by atoms with E-state index >= 15 is 0 Å². The van der Waals surface area contributed by atoms with Gasteiger partial charge in [0.05, 0.1) is 7.11 Å². The average Bonchev–Trinajstić information content (AvgIpc) is 2.76. The number of carbonyl (C=O) groups is 1. The summed E-state index contributed by atoms with van der Waals surface area (Å²) in [6, 6.07) is 24.7. The number of amides is 1. The van der Waals surface area contributed by atoms with Crippen molar-refractivity contribution in [2.24, 2.45) is 0 Å². The van der Waals surface area contributed by atoms with E-state index < -0.39 is 0 Å². The molecular formula is C23H23NO4. The van der Waals surface area contributed by atoms with Gasteiger partial charge in [-0.2, -0.15) is 0 Å². The summed E-state index contributed by atoms with van der Waals surface area (Å²) >= 11 is 0. The molecule has 0 aliphatic heterocycles. The first-order chi connectivity index (χ1) is 13.7. The summed E-state index contributed by atoms with van der Waals surface area (Å²) in [5.74, 6) is 1.97. The topological polar surface area (TPSA) is 56.8 Å². The molecular weight excluding hydrogens is 354 g/mol. The Morgan fingerprint density at radius 3 is 2.00 bits per heavy atom. The first kappa shape index (κ1) is 19.3. The molecule has 0 unspecified atom stereocenters. The van der Waals surface area contributed by atoms with Crippen LogP contribution in [0.1, 0.15) is 11.1 Å². The van der Waals surface area contributed by atoms with Gasteiger partial charge in [0.25, 0.3) is 5.91 Å². The molecule has 0 bridgehead atoms. The molecule has 0 spiro atoms. The molecule has 0 fully saturated rings. The van der Waals surface area contributed by atoms with Gasteiger partial charge in [-0.1, -0.05) is 42.5 Å². The second kappa shape index (κ2) is 10.0. The molecule has 3 aromatic rings. The highest BCUT2D eigenvalue weighted by molar-refractivity contribution is 5.77. The van der Waals surface area contributed by atoms with Crippen LogP contribution in [0.2, 0.25) is 0 Å². The fraction of sp³-hybridized carbons (Fsp3) is 0.174. The van der Waals surface area contributed by atoms with Crippen LogP contribution in [0.3, 0.4) is 0 Å². The van der Waals surface area contributed by atoms with E-state index in [9.17, 15) is 4.79 Å². The van der Waals surface area contributed by atoms with Gasteiger partial charge in [-0.15, -0.1) is 0 Å². The third-order valence-electron chi connectivity index (χ3n) is 4.09. The van der Waals surface area contributed by atoms with Crippen molar-refractivity contribution in [3.05, 3.63) is 90.0 Å². The number of rotatable bonds is 9. The third kappa shape index (κ3) is 6.06. The standard InChI is InChI=1S/C23H23NO4/c1-26-20-9-7-18(8-10-20)15-24-23(25)17-28-22-13-11-21(12-14-22)27-16-19-5-3-2-4-6-19/h2-14H,15-17H2,1H3,(H,24,25). The largest absolute Gasteiger partial charge is 0.497 e. The van der Waals surface area contributed by atoms with Crippen LogP contribution < -0.4 is 19.5 Å². The van der Waals surface area contributed by atoms with Gasteiger partial charge in [-0.3, -0.25) is 4.79 Å². The number of methoxy groups -OCH3 is 1. The number of benzene rings is 3. The fourth-order valence-corrected chi connectivity index (χ4v) is 2.52. The molecule has 0 saturated heterocycles. The van der Waals surface area contributed by atoms with Crippen molar-refractivity contribution >= 4 is 5.91 Å². The molecule has 5 nitrogen and oxygen atoms in total. The molecule has 0 aliphatic carbocycles. The van der Waals surface area contributed by atoms with E-state index in [0.29, 0.717) is 18.9 Å². The Bertz CT molecular complexity index is 861. The third-order valence-corrected chi connectivity index (χ3v) is 4.09. The predicted molar refractivity (Wildman–Crippen MR) is 108 cm³/mol. The van der Waals surface area contributed by atoms with E-state index in [-0.39, 0.29) is 12.5 Å². The lowest BCUT2D eigenvalue weighted by Crippen LogP contribution is -2.28. The molecule has 0 radical (unpaired) electrons. The van der Waals surface area contributed by atoms with Crippen LogP contribution in [0.4, 0.5) is 0 Å². The molecule has 0 saturated carbocycles.